The van der Waals surface area contributed by atoms with E-state index in [2.05, 4.69) is 30.4 Å². The Balaban J connectivity index is 2.04. The molecule has 2 heteroatoms. The van der Waals surface area contributed by atoms with E-state index in [0.717, 1.165) is 6.42 Å². The Labute approximate surface area is 107 Å². The average Bonchev–Trinajstić information content (AvgIpc) is 2.38. The first kappa shape index (κ1) is 11.3. The van der Waals surface area contributed by atoms with Gasteiger partial charge in [0, 0.05) is 17.6 Å². The molecule has 1 aliphatic heterocycles. The highest BCUT2D eigenvalue weighted by atomic mass is 19.1. The molecule has 2 aromatic carbocycles. The molecule has 0 saturated carbocycles. The highest BCUT2D eigenvalue weighted by molar-refractivity contribution is 5.58. The van der Waals surface area contributed by atoms with Gasteiger partial charge in [0.1, 0.15) is 5.82 Å². The Hall–Kier alpha value is -1.83. The molecule has 2 unspecified atom stereocenters. The number of halogens is 1. The number of rotatable bonds is 1. The molecule has 1 heterocycles. The van der Waals surface area contributed by atoms with E-state index in [4.69, 9.17) is 0 Å². The van der Waals surface area contributed by atoms with Crippen LogP contribution in [0.1, 0.15) is 30.4 Å². The number of fused-ring (bicyclic) bond motifs is 1. The van der Waals surface area contributed by atoms with Crippen LogP contribution in [0.5, 0.6) is 0 Å². The van der Waals surface area contributed by atoms with Gasteiger partial charge in [-0.25, -0.2) is 4.39 Å². The number of benzene rings is 2. The molecule has 0 aromatic heterocycles. The van der Waals surface area contributed by atoms with Gasteiger partial charge in [0.2, 0.25) is 0 Å². The molecule has 1 N–H and O–H groups in total. The number of para-hydroxylation sites is 1. The third-order valence-electron chi connectivity index (χ3n) is 3.60. The second-order valence-corrected chi connectivity index (χ2v) is 4.97. The molecule has 0 aliphatic carbocycles. The summed E-state index contributed by atoms with van der Waals surface area (Å²) in [5.41, 5.74) is 3.70. The van der Waals surface area contributed by atoms with Crippen LogP contribution in [0.2, 0.25) is 0 Å². The molecule has 0 radical (unpaired) electrons. The van der Waals surface area contributed by atoms with Gasteiger partial charge in [-0.3, -0.25) is 0 Å². The maximum Gasteiger partial charge on any atom is 0.123 e. The van der Waals surface area contributed by atoms with Crippen LogP contribution in [0.15, 0.2) is 48.5 Å². The van der Waals surface area contributed by atoms with Gasteiger partial charge >= 0.3 is 0 Å². The molecule has 18 heavy (non-hydrogen) atoms. The Morgan fingerprint density at radius 1 is 1.06 bits per heavy atom. The highest BCUT2D eigenvalue weighted by Gasteiger charge is 2.24. The standard InChI is InChI=1S/C16H16FN/c1-11-10-15(12-6-8-13(17)9-7-12)14-4-2-3-5-16(14)18-11/h2-9,11,15,18H,10H2,1H3. The normalized spacial score (nSPS) is 22.1. The Morgan fingerprint density at radius 3 is 2.56 bits per heavy atom. The van der Waals surface area contributed by atoms with Crippen molar-refractivity contribution in [2.75, 3.05) is 5.32 Å². The first-order valence-corrected chi connectivity index (χ1v) is 6.35. The molecular formula is C16H16FN. The molecule has 0 bridgehead atoms. The summed E-state index contributed by atoms with van der Waals surface area (Å²) in [5.74, 6) is 0.187. The van der Waals surface area contributed by atoms with E-state index in [9.17, 15) is 4.39 Å². The van der Waals surface area contributed by atoms with Crippen LogP contribution in [-0.4, -0.2) is 6.04 Å². The topological polar surface area (TPSA) is 12.0 Å². The summed E-state index contributed by atoms with van der Waals surface area (Å²) in [5, 5.41) is 3.50. The lowest BCUT2D eigenvalue weighted by atomic mass is 9.82. The van der Waals surface area contributed by atoms with Crippen LogP contribution in [0.25, 0.3) is 0 Å². The SMILES string of the molecule is CC1CC(c2ccc(F)cc2)c2ccccc2N1. The lowest BCUT2D eigenvalue weighted by Gasteiger charge is -2.31. The molecule has 0 fully saturated rings. The molecule has 0 spiro atoms. The molecule has 1 nitrogen and oxygen atoms in total. The third kappa shape index (κ3) is 1.99. The van der Waals surface area contributed by atoms with Gasteiger partial charge < -0.3 is 5.32 Å². The minimum atomic E-state index is -0.172. The van der Waals surface area contributed by atoms with Crippen molar-refractivity contribution in [3.63, 3.8) is 0 Å². The lowest BCUT2D eigenvalue weighted by molar-refractivity contribution is 0.606. The predicted octanol–water partition coefficient (Wildman–Crippen LogP) is 4.16. The largest absolute Gasteiger partial charge is 0.382 e. The van der Waals surface area contributed by atoms with E-state index in [1.54, 1.807) is 12.1 Å². The number of hydrogen-bond acceptors (Lipinski definition) is 1. The predicted molar refractivity (Wildman–Crippen MR) is 72.4 cm³/mol. The average molecular weight is 241 g/mol. The van der Waals surface area contributed by atoms with Crippen molar-refractivity contribution in [3.8, 4) is 0 Å². The highest BCUT2D eigenvalue weighted by Crippen LogP contribution is 2.38. The molecular weight excluding hydrogens is 225 g/mol. The summed E-state index contributed by atoms with van der Waals surface area (Å²) >= 11 is 0. The summed E-state index contributed by atoms with van der Waals surface area (Å²) in [6, 6.07) is 15.7. The third-order valence-corrected chi connectivity index (χ3v) is 3.60. The fraction of sp³-hybridized carbons (Fsp3) is 0.250. The molecule has 0 amide bonds. The van der Waals surface area contributed by atoms with Crippen molar-refractivity contribution >= 4 is 5.69 Å². The van der Waals surface area contributed by atoms with Crippen LogP contribution in [0.3, 0.4) is 0 Å². The fourth-order valence-electron chi connectivity index (χ4n) is 2.75. The van der Waals surface area contributed by atoms with Crippen molar-refractivity contribution < 1.29 is 4.39 Å². The maximum atomic E-state index is 13.0. The zero-order valence-electron chi connectivity index (χ0n) is 10.4. The minimum Gasteiger partial charge on any atom is -0.382 e. The molecule has 2 atom stereocenters. The quantitative estimate of drug-likeness (QED) is 0.790. The second kappa shape index (κ2) is 4.45. The minimum absolute atomic E-state index is 0.172. The number of anilines is 1. The molecule has 1 aliphatic rings. The summed E-state index contributed by atoms with van der Waals surface area (Å²) in [4.78, 5) is 0. The second-order valence-electron chi connectivity index (χ2n) is 4.97. The van der Waals surface area contributed by atoms with Crippen molar-refractivity contribution in [1.29, 1.82) is 0 Å². The molecule has 92 valence electrons. The maximum absolute atomic E-state index is 13.0. The lowest BCUT2D eigenvalue weighted by Crippen LogP contribution is -2.25. The molecule has 2 aromatic rings. The van der Waals surface area contributed by atoms with Crippen LogP contribution < -0.4 is 5.32 Å². The zero-order chi connectivity index (χ0) is 12.5. The van der Waals surface area contributed by atoms with Gasteiger partial charge in [0.05, 0.1) is 0 Å². The summed E-state index contributed by atoms with van der Waals surface area (Å²) in [7, 11) is 0. The van der Waals surface area contributed by atoms with Gasteiger partial charge in [-0.2, -0.15) is 0 Å². The van der Waals surface area contributed by atoms with E-state index in [1.165, 1.54) is 16.8 Å². The fourth-order valence-corrected chi connectivity index (χ4v) is 2.75. The Morgan fingerprint density at radius 2 is 1.78 bits per heavy atom. The number of nitrogens with one attached hydrogen (secondary N) is 1. The van der Waals surface area contributed by atoms with E-state index in [0.29, 0.717) is 12.0 Å². The Kier molecular flexibility index (Phi) is 2.78. The summed E-state index contributed by atoms with van der Waals surface area (Å²) in [6.45, 7) is 2.19. The van der Waals surface area contributed by atoms with Gasteiger partial charge in [-0.1, -0.05) is 30.3 Å². The first-order valence-electron chi connectivity index (χ1n) is 6.35. The summed E-state index contributed by atoms with van der Waals surface area (Å²) in [6.07, 6.45) is 1.04. The summed E-state index contributed by atoms with van der Waals surface area (Å²) < 4.78 is 13.0. The number of hydrogen-bond donors (Lipinski definition) is 1. The van der Waals surface area contributed by atoms with Crippen molar-refractivity contribution in [2.24, 2.45) is 0 Å². The van der Waals surface area contributed by atoms with Crippen LogP contribution in [-0.2, 0) is 0 Å². The monoisotopic (exact) mass is 241 g/mol. The molecule has 0 saturated heterocycles. The Bertz CT molecular complexity index is 547. The van der Waals surface area contributed by atoms with Crippen molar-refractivity contribution in [2.45, 2.75) is 25.3 Å². The smallest absolute Gasteiger partial charge is 0.123 e. The zero-order valence-corrected chi connectivity index (χ0v) is 10.4. The van der Waals surface area contributed by atoms with Gasteiger partial charge in [0.25, 0.3) is 0 Å². The van der Waals surface area contributed by atoms with Crippen LogP contribution in [0.4, 0.5) is 10.1 Å². The van der Waals surface area contributed by atoms with Crippen LogP contribution >= 0.6 is 0 Å². The van der Waals surface area contributed by atoms with Gasteiger partial charge in [-0.15, -0.1) is 0 Å². The van der Waals surface area contributed by atoms with Crippen molar-refractivity contribution in [3.05, 3.63) is 65.5 Å². The van der Waals surface area contributed by atoms with E-state index >= 15 is 0 Å². The van der Waals surface area contributed by atoms with Crippen LogP contribution in [0, 0.1) is 5.82 Å². The van der Waals surface area contributed by atoms with E-state index in [1.807, 2.05) is 18.2 Å². The van der Waals surface area contributed by atoms with E-state index < -0.39 is 0 Å². The van der Waals surface area contributed by atoms with Crippen molar-refractivity contribution in [1.82, 2.24) is 0 Å². The first-order chi connectivity index (χ1) is 8.74. The van der Waals surface area contributed by atoms with Gasteiger partial charge in [-0.05, 0) is 42.7 Å². The van der Waals surface area contributed by atoms with Gasteiger partial charge in [0.15, 0.2) is 0 Å². The van der Waals surface area contributed by atoms with E-state index in [-0.39, 0.29) is 5.82 Å². The molecule has 3 rings (SSSR count).